The van der Waals surface area contributed by atoms with Gasteiger partial charge in [0.15, 0.2) is 0 Å². The zero-order chi connectivity index (χ0) is 29.4. The van der Waals surface area contributed by atoms with Gasteiger partial charge in [0.1, 0.15) is 18.3 Å². The smallest absolute Gasteiger partial charge is 0.264 e. The Morgan fingerprint density at radius 3 is 2.32 bits per heavy atom. The van der Waals surface area contributed by atoms with Gasteiger partial charge in [0.05, 0.1) is 17.7 Å². The maximum Gasteiger partial charge on any atom is 0.264 e. The highest BCUT2D eigenvalue weighted by molar-refractivity contribution is 7.92. The number of para-hydroxylation sites is 2. The summed E-state index contributed by atoms with van der Waals surface area (Å²) in [4.78, 5) is 29.1. The standard InChI is InChI=1S/C32H39N3O5S/c1-24-13-12-14-26(21-24)22-34(25(2)32(37)33-27-15-6-4-7-16-27)31(36)23-35(29-19-10-11-20-30(29)40-3)41(38,39)28-17-8-5-9-18-28/h5,8-14,17-21,25,27H,4,6-7,15-16,22-23H2,1-3H3,(H,33,37)/t25-/m0/s1. The molecule has 0 spiro atoms. The normalized spacial score (nSPS) is 14.6. The number of carbonyl (C=O) groups excluding carboxylic acids is 2. The second kappa shape index (κ2) is 13.7. The predicted molar refractivity (Wildman–Crippen MR) is 160 cm³/mol. The molecule has 1 atom stereocenters. The Labute approximate surface area is 243 Å². The van der Waals surface area contributed by atoms with Gasteiger partial charge in [0.25, 0.3) is 10.0 Å². The number of hydrogen-bond acceptors (Lipinski definition) is 5. The van der Waals surface area contributed by atoms with Gasteiger partial charge in [0.2, 0.25) is 11.8 Å². The zero-order valence-electron chi connectivity index (χ0n) is 24.0. The number of benzene rings is 3. The molecule has 8 nitrogen and oxygen atoms in total. The summed E-state index contributed by atoms with van der Waals surface area (Å²) in [5, 5.41) is 3.13. The van der Waals surface area contributed by atoms with E-state index in [9.17, 15) is 18.0 Å². The lowest BCUT2D eigenvalue weighted by Gasteiger charge is -2.33. The molecule has 9 heteroatoms. The summed E-state index contributed by atoms with van der Waals surface area (Å²) in [6.45, 7) is 3.31. The van der Waals surface area contributed by atoms with Crippen molar-refractivity contribution in [2.75, 3.05) is 18.0 Å². The van der Waals surface area contributed by atoms with Gasteiger partial charge in [-0.1, -0.05) is 79.4 Å². The van der Waals surface area contributed by atoms with Crippen LogP contribution in [0.4, 0.5) is 5.69 Å². The minimum Gasteiger partial charge on any atom is -0.495 e. The van der Waals surface area contributed by atoms with E-state index in [0.717, 1.165) is 47.5 Å². The molecule has 0 heterocycles. The Morgan fingerprint density at radius 2 is 1.63 bits per heavy atom. The van der Waals surface area contributed by atoms with Crippen molar-refractivity contribution in [3.63, 3.8) is 0 Å². The van der Waals surface area contributed by atoms with E-state index in [1.807, 2.05) is 31.2 Å². The third kappa shape index (κ3) is 7.47. The summed E-state index contributed by atoms with van der Waals surface area (Å²) >= 11 is 0. The number of sulfonamides is 1. The van der Waals surface area contributed by atoms with Crippen molar-refractivity contribution >= 4 is 27.5 Å². The topological polar surface area (TPSA) is 96.0 Å². The van der Waals surface area contributed by atoms with Crippen LogP contribution in [0.2, 0.25) is 0 Å². The highest BCUT2D eigenvalue weighted by Crippen LogP contribution is 2.32. The summed E-state index contributed by atoms with van der Waals surface area (Å²) < 4.78 is 34.4. The fourth-order valence-electron chi connectivity index (χ4n) is 5.23. The van der Waals surface area contributed by atoms with Crippen LogP contribution in [0.15, 0.2) is 83.8 Å². The van der Waals surface area contributed by atoms with E-state index in [2.05, 4.69) is 5.32 Å². The first-order valence-corrected chi connectivity index (χ1v) is 15.5. The van der Waals surface area contributed by atoms with Gasteiger partial charge in [-0.05, 0) is 56.5 Å². The molecular formula is C32H39N3O5S. The molecule has 0 saturated heterocycles. The Hall–Kier alpha value is -3.85. The average molecular weight is 578 g/mol. The average Bonchev–Trinajstić information content (AvgIpc) is 2.99. The summed E-state index contributed by atoms with van der Waals surface area (Å²) in [6, 6.07) is 21.7. The number of ether oxygens (including phenoxy) is 1. The lowest BCUT2D eigenvalue weighted by molar-refractivity contribution is -0.139. The minimum atomic E-state index is -4.16. The molecule has 218 valence electrons. The third-order valence-corrected chi connectivity index (χ3v) is 9.29. The largest absolute Gasteiger partial charge is 0.495 e. The summed E-state index contributed by atoms with van der Waals surface area (Å²) in [7, 11) is -2.70. The molecule has 1 N–H and O–H groups in total. The molecule has 0 radical (unpaired) electrons. The van der Waals surface area contributed by atoms with Crippen molar-refractivity contribution in [1.82, 2.24) is 10.2 Å². The lowest BCUT2D eigenvalue weighted by atomic mass is 9.95. The lowest BCUT2D eigenvalue weighted by Crippen LogP contribution is -2.53. The Kier molecular flexibility index (Phi) is 10.0. The summed E-state index contributed by atoms with van der Waals surface area (Å²) in [5.41, 5.74) is 2.11. The van der Waals surface area contributed by atoms with Crippen LogP contribution < -0.4 is 14.4 Å². The van der Waals surface area contributed by atoms with E-state index in [-0.39, 0.29) is 29.1 Å². The molecular weight excluding hydrogens is 538 g/mol. The summed E-state index contributed by atoms with van der Waals surface area (Å²) in [5.74, 6) is -0.427. The van der Waals surface area contributed by atoms with E-state index in [4.69, 9.17) is 4.74 Å². The molecule has 3 aromatic carbocycles. The summed E-state index contributed by atoms with van der Waals surface area (Å²) in [6.07, 6.45) is 5.13. The number of hydrogen-bond donors (Lipinski definition) is 1. The number of anilines is 1. The molecule has 1 aliphatic rings. The van der Waals surface area contributed by atoms with Crippen LogP contribution in [0.1, 0.15) is 50.2 Å². The highest BCUT2D eigenvalue weighted by atomic mass is 32.2. The first-order valence-electron chi connectivity index (χ1n) is 14.1. The SMILES string of the molecule is COc1ccccc1N(CC(=O)N(Cc1cccc(C)c1)[C@@H](C)C(=O)NC1CCCCC1)S(=O)(=O)c1ccccc1. The van der Waals surface area contributed by atoms with Crippen LogP contribution in [0.25, 0.3) is 0 Å². The number of methoxy groups -OCH3 is 1. The zero-order valence-corrected chi connectivity index (χ0v) is 24.8. The van der Waals surface area contributed by atoms with Crippen molar-refractivity contribution < 1.29 is 22.7 Å². The van der Waals surface area contributed by atoms with Crippen LogP contribution in [0.3, 0.4) is 0 Å². The number of nitrogens with one attached hydrogen (secondary N) is 1. The highest BCUT2D eigenvalue weighted by Gasteiger charge is 2.34. The molecule has 3 aromatic rings. The predicted octanol–water partition coefficient (Wildman–Crippen LogP) is 5.07. The van der Waals surface area contributed by atoms with Crippen LogP contribution in [-0.4, -0.2) is 50.9 Å². The first kappa shape index (κ1) is 30.1. The maximum absolute atomic E-state index is 14.1. The molecule has 0 bridgehead atoms. The number of nitrogens with zero attached hydrogens (tertiary/aromatic N) is 2. The Morgan fingerprint density at radius 1 is 0.951 bits per heavy atom. The van der Waals surface area contributed by atoms with E-state index >= 15 is 0 Å². The molecule has 1 aliphatic carbocycles. The van der Waals surface area contributed by atoms with Crippen LogP contribution in [0, 0.1) is 6.92 Å². The van der Waals surface area contributed by atoms with Gasteiger partial charge < -0.3 is 15.0 Å². The van der Waals surface area contributed by atoms with Gasteiger partial charge in [-0.15, -0.1) is 0 Å². The van der Waals surface area contributed by atoms with Crippen molar-refractivity contribution in [2.24, 2.45) is 0 Å². The van der Waals surface area contributed by atoms with Gasteiger partial charge >= 0.3 is 0 Å². The monoisotopic (exact) mass is 577 g/mol. The minimum absolute atomic E-state index is 0.0482. The van der Waals surface area contributed by atoms with Crippen molar-refractivity contribution in [3.05, 3.63) is 90.0 Å². The quantitative estimate of drug-likeness (QED) is 0.344. The van der Waals surface area contributed by atoms with Crippen LogP contribution in [0.5, 0.6) is 5.75 Å². The number of rotatable bonds is 11. The van der Waals surface area contributed by atoms with E-state index < -0.39 is 28.5 Å². The van der Waals surface area contributed by atoms with Gasteiger partial charge in [-0.25, -0.2) is 8.42 Å². The van der Waals surface area contributed by atoms with E-state index in [0.29, 0.717) is 5.75 Å². The van der Waals surface area contributed by atoms with Crippen LogP contribution >= 0.6 is 0 Å². The molecule has 1 saturated carbocycles. The molecule has 0 aromatic heterocycles. The Balaban J connectivity index is 1.69. The van der Waals surface area contributed by atoms with Crippen molar-refractivity contribution in [1.29, 1.82) is 0 Å². The second-order valence-corrected chi connectivity index (χ2v) is 12.4. The van der Waals surface area contributed by atoms with Crippen molar-refractivity contribution in [2.45, 2.75) is 69.5 Å². The molecule has 0 unspecified atom stereocenters. The number of amides is 2. The van der Waals surface area contributed by atoms with Gasteiger partial charge in [-0.2, -0.15) is 0 Å². The Bertz CT molecular complexity index is 1440. The van der Waals surface area contributed by atoms with E-state index in [1.165, 1.54) is 24.1 Å². The van der Waals surface area contributed by atoms with Crippen molar-refractivity contribution in [3.8, 4) is 5.75 Å². The number of carbonyl (C=O) groups is 2. The van der Waals surface area contributed by atoms with Gasteiger partial charge in [0, 0.05) is 12.6 Å². The fourth-order valence-corrected chi connectivity index (χ4v) is 6.67. The van der Waals surface area contributed by atoms with Gasteiger partial charge in [-0.3, -0.25) is 13.9 Å². The fraction of sp³-hybridized carbons (Fsp3) is 0.375. The molecule has 1 fully saturated rings. The molecule has 0 aliphatic heterocycles. The number of aryl methyl sites for hydroxylation is 1. The molecule has 2 amide bonds. The molecule has 41 heavy (non-hydrogen) atoms. The molecule has 4 rings (SSSR count). The first-order chi connectivity index (χ1) is 19.7. The third-order valence-electron chi connectivity index (χ3n) is 7.52. The second-order valence-electron chi connectivity index (χ2n) is 10.5. The van der Waals surface area contributed by atoms with Crippen LogP contribution in [-0.2, 0) is 26.2 Å². The maximum atomic E-state index is 14.1. The van der Waals surface area contributed by atoms with E-state index in [1.54, 1.807) is 49.4 Å².